The fourth-order valence-electron chi connectivity index (χ4n) is 20.4. The van der Waals surface area contributed by atoms with Gasteiger partial charge in [-0.2, -0.15) is 0 Å². The van der Waals surface area contributed by atoms with Gasteiger partial charge in [-0.15, -0.1) is 0 Å². The maximum absolute atomic E-state index is 6.49. The van der Waals surface area contributed by atoms with Crippen LogP contribution in [0, 0.1) is 0 Å². The lowest BCUT2D eigenvalue weighted by molar-refractivity contribution is 0.668. The van der Waals surface area contributed by atoms with E-state index in [4.69, 9.17) is 62.5 Å². The zero-order valence-corrected chi connectivity index (χ0v) is 77.2. The first kappa shape index (κ1) is 83.6. The molecule has 0 amide bonds. The van der Waals surface area contributed by atoms with Crippen molar-refractivity contribution in [2.75, 3.05) is 0 Å². The van der Waals surface area contributed by atoms with Crippen molar-refractivity contribution in [2.45, 2.75) is 0 Å². The SMILES string of the molecule is c1ccc(-c2nc(-c3ccccc3)nc(-c3cccc4oc5ccc(-c6ccc7c8ccccc8n(-c8ccccc8)c7c6)cc5c34)n2)cc1.c1ccc(-c2nc(-c3ccccc3)nc(-c3cccc4oc5ccc(-c6cccc7c6oc6ccccc67)cc5c34)n2)cc1.c1ccc(-c2nc(-c3ccccc3)nc(-c3cccc4oc5ccc(-c6cccc7c8ccccc8n(-c8ccccc8)c67)cc5c34)n2)cc1. The molecule has 0 radical (unpaired) electrons. The number of hydrogen-bond acceptors (Lipinski definition) is 13. The molecule has 15 heteroatoms. The summed E-state index contributed by atoms with van der Waals surface area (Å²) in [6.45, 7) is 0. The Bertz CT molecular complexity index is 9850. The summed E-state index contributed by atoms with van der Waals surface area (Å²) in [4.78, 5) is 44.9. The smallest absolute Gasteiger partial charge is 0.164 e. The first-order valence-corrected chi connectivity index (χ1v) is 47.9. The van der Waals surface area contributed by atoms with E-state index in [1.54, 1.807) is 0 Å². The highest BCUT2D eigenvalue weighted by molar-refractivity contribution is 6.19. The van der Waals surface area contributed by atoms with Gasteiger partial charge in [-0.3, -0.25) is 0 Å². The Balaban J connectivity index is 0.000000108. The Morgan fingerprint density at radius 2 is 0.424 bits per heavy atom. The minimum atomic E-state index is 0.593. The summed E-state index contributed by atoms with van der Waals surface area (Å²) in [5, 5.41) is 13.0. The molecule has 29 aromatic rings. The lowest BCUT2D eigenvalue weighted by Gasteiger charge is -2.12. The minimum absolute atomic E-state index is 0.593. The van der Waals surface area contributed by atoms with Crippen molar-refractivity contribution in [3.8, 4) is 147 Å². The van der Waals surface area contributed by atoms with E-state index in [1.165, 1.54) is 43.6 Å². The Morgan fingerprint density at radius 3 is 0.854 bits per heavy atom. The van der Waals surface area contributed by atoms with Crippen LogP contribution < -0.4 is 0 Å². The van der Waals surface area contributed by atoms with Gasteiger partial charge in [0.2, 0.25) is 0 Å². The van der Waals surface area contributed by atoms with Gasteiger partial charge in [-0.05, 0) is 125 Å². The third-order valence-corrected chi connectivity index (χ3v) is 27.1. The third kappa shape index (κ3) is 14.9. The molecule has 0 unspecified atom stereocenters. The maximum atomic E-state index is 6.49. The number of rotatable bonds is 14. The van der Waals surface area contributed by atoms with Gasteiger partial charge in [0, 0.05) is 137 Å². The molecule has 20 aromatic carbocycles. The molecule has 0 bridgehead atoms. The molecule has 29 rings (SSSR count). The monoisotopic (exact) mass is 1850 g/mol. The Kier molecular flexibility index (Phi) is 20.5. The van der Waals surface area contributed by atoms with Crippen LogP contribution in [0.25, 0.3) is 279 Å². The normalized spacial score (nSPS) is 11.6. The Labute approximate surface area is 824 Å². The maximum Gasteiger partial charge on any atom is 0.164 e. The van der Waals surface area contributed by atoms with Crippen molar-refractivity contribution in [2.24, 2.45) is 0 Å². The number of benzene rings is 20. The van der Waals surface area contributed by atoms with Gasteiger partial charge in [-0.25, -0.2) is 44.9 Å². The van der Waals surface area contributed by atoms with Crippen molar-refractivity contribution in [3.63, 3.8) is 0 Å². The second-order valence-electron chi connectivity index (χ2n) is 35.7. The minimum Gasteiger partial charge on any atom is -0.456 e. The summed E-state index contributed by atoms with van der Waals surface area (Å²) in [6, 6.07) is 164. The molecule has 0 atom stereocenters. The summed E-state index contributed by atoms with van der Waals surface area (Å²) in [5.41, 5.74) is 28.3. The Morgan fingerprint density at radius 1 is 0.146 bits per heavy atom. The van der Waals surface area contributed by atoms with E-state index < -0.39 is 0 Å². The summed E-state index contributed by atoms with van der Waals surface area (Å²) in [5.74, 6) is 5.54. The molecule has 9 heterocycles. The topological polar surface area (TPSA) is 178 Å². The lowest BCUT2D eigenvalue weighted by Crippen LogP contribution is -2.00. The first-order valence-electron chi connectivity index (χ1n) is 47.9. The number of para-hydroxylation sites is 7. The molecular formula is C129H79N11O4. The number of hydrogen-bond donors (Lipinski definition) is 0. The number of nitrogens with zero attached hydrogens (tertiary/aromatic N) is 11. The van der Waals surface area contributed by atoms with E-state index in [-0.39, 0.29) is 0 Å². The summed E-state index contributed by atoms with van der Waals surface area (Å²) >= 11 is 0. The van der Waals surface area contributed by atoms with Crippen LogP contribution in [0.2, 0.25) is 0 Å². The predicted molar refractivity (Wildman–Crippen MR) is 583 cm³/mol. The van der Waals surface area contributed by atoms with Crippen LogP contribution in [-0.4, -0.2) is 54.0 Å². The molecule has 0 fully saturated rings. The lowest BCUT2D eigenvalue weighted by atomic mass is 9.98. The fourth-order valence-corrected chi connectivity index (χ4v) is 20.4. The van der Waals surface area contributed by atoms with Crippen LogP contribution in [0.4, 0.5) is 0 Å². The molecule has 0 N–H and O–H groups in total. The van der Waals surface area contributed by atoms with E-state index >= 15 is 0 Å². The summed E-state index contributed by atoms with van der Waals surface area (Å²) < 4.78 is 30.4. The van der Waals surface area contributed by atoms with E-state index in [0.717, 1.165) is 183 Å². The summed E-state index contributed by atoms with van der Waals surface area (Å²) in [6.07, 6.45) is 0. The van der Waals surface area contributed by atoms with E-state index in [9.17, 15) is 0 Å². The molecule has 674 valence electrons. The molecule has 0 aliphatic heterocycles. The van der Waals surface area contributed by atoms with Crippen molar-refractivity contribution < 1.29 is 17.7 Å². The van der Waals surface area contributed by atoms with Gasteiger partial charge in [0.05, 0.1) is 22.1 Å². The van der Waals surface area contributed by atoms with Gasteiger partial charge >= 0.3 is 0 Å². The zero-order valence-electron chi connectivity index (χ0n) is 77.2. The molecule has 0 aliphatic carbocycles. The average molecular weight is 1850 g/mol. The molecule has 144 heavy (non-hydrogen) atoms. The molecule has 0 spiro atoms. The third-order valence-electron chi connectivity index (χ3n) is 27.1. The van der Waals surface area contributed by atoms with Crippen molar-refractivity contribution in [1.29, 1.82) is 0 Å². The quantitative estimate of drug-likeness (QED) is 0.100. The molecule has 15 nitrogen and oxygen atoms in total. The van der Waals surface area contributed by atoms with Crippen molar-refractivity contribution in [3.05, 3.63) is 479 Å². The first-order chi connectivity index (χ1) is 71.4. The second kappa shape index (κ2) is 35.3. The standard InChI is InChI=1S/2C45H28N4O.C39H23N3O2/c1-4-14-29(15-5-1)43-46-44(30-16-6-2-7-17-30)48-45(47-43)36-23-13-25-40-41(36)37-28-31(26-27-39(37)50-40)33-21-12-22-35-34-20-10-11-24-38(34)49(42(33)35)32-18-8-3-9-19-32;1-4-13-29(14-5-1)43-46-44(30-15-6-2-7-16-30)48-45(47-43)36-20-12-22-41-42(36)37-27-31(24-26-40(37)50-41)32-23-25-35-34-19-10-11-21-38(34)49(39(35)28-32)33-17-8-3-9-18-33;1-3-11-24(12-4-1)37-40-38(25-13-5-2-6-14-25)42-39(41-37)30-18-10-20-34-35(30)31-23-26(21-22-33(31)43-34)27-16-9-17-29-28-15-7-8-19-32(28)44-36(27)29/h2*1-28H;1-23H. The number of fused-ring (bicyclic) bond motifs is 18. The fraction of sp³-hybridized carbons (Fsp3) is 0. The predicted octanol–water partition coefficient (Wildman–Crippen LogP) is 33.4. The van der Waals surface area contributed by atoms with Crippen LogP contribution >= 0.6 is 0 Å². The van der Waals surface area contributed by atoms with E-state index in [1.807, 2.05) is 243 Å². The van der Waals surface area contributed by atoms with Gasteiger partial charge in [-0.1, -0.05) is 376 Å². The van der Waals surface area contributed by atoms with Gasteiger partial charge in [0.15, 0.2) is 52.4 Å². The highest BCUT2D eigenvalue weighted by Gasteiger charge is 2.27. The van der Waals surface area contributed by atoms with Crippen molar-refractivity contribution in [1.82, 2.24) is 54.0 Å². The second-order valence-corrected chi connectivity index (χ2v) is 35.7. The zero-order chi connectivity index (χ0) is 95.1. The molecular weight excluding hydrogens is 1770 g/mol. The highest BCUT2D eigenvalue weighted by atomic mass is 16.3. The molecule has 0 saturated carbocycles. The van der Waals surface area contributed by atoms with E-state index in [2.05, 4.69) is 246 Å². The van der Waals surface area contributed by atoms with Gasteiger partial charge in [0.1, 0.15) is 44.7 Å². The van der Waals surface area contributed by atoms with Crippen molar-refractivity contribution >= 4 is 131 Å². The number of aromatic nitrogens is 11. The average Bonchev–Trinajstić information content (AvgIpc) is 1.55. The molecule has 9 aromatic heterocycles. The Hall–Kier alpha value is -19.8. The highest BCUT2D eigenvalue weighted by Crippen LogP contribution is 2.48. The van der Waals surface area contributed by atoms with Crippen LogP contribution in [-0.2, 0) is 0 Å². The van der Waals surface area contributed by atoms with Gasteiger partial charge < -0.3 is 26.8 Å². The number of furan rings is 4. The molecule has 0 saturated heterocycles. The van der Waals surface area contributed by atoms with Crippen LogP contribution in [0.1, 0.15) is 0 Å². The van der Waals surface area contributed by atoms with Crippen LogP contribution in [0.5, 0.6) is 0 Å². The van der Waals surface area contributed by atoms with Crippen LogP contribution in [0.15, 0.2) is 497 Å². The van der Waals surface area contributed by atoms with Crippen LogP contribution in [0.3, 0.4) is 0 Å². The largest absolute Gasteiger partial charge is 0.456 e. The van der Waals surface area contributed by atoms with E-state index in [0.29, 0.717) is 52.4 Å². The summed E-state index contributed by atoms with van der Waals surface area (Å²) in [7, 11) is 0. The molecule has 0 aliphatic rings. The van der Waals surface area contributed by atoms with Gasteiger partial charge in [0.25, 0.3) is 0 Å².